The molecule has 0 aliphatic rings. The van der Waals surface area contributed by atoms with Gasteiger partial charge in [-0.25, -0.2) is 0 Å². The second-order valence-electron chi connectivity index (χ2n) is 4.88. The van der Waals surface area contributed by atoms with Crippen molar-refractivity contribution in [2.75, 3.05) is 13.1 Å². The Morgan fingerprint density at radius 1 is 1.00 bits per heavy atom. The van der Waals surface area contributed by atoms with Gasteiger partial charge in [0.1, 0.15) is 0 Å². The lowest BCUT2D eigenvalue weighted by Gasteiger charge is -2.21. The molecule has 0 aromatic heterocycles. The zero-order chi connectivity index (χ0) is 15.2. The van der Waals surface area contributed by atoms with Gasteiger partial charge in [0.15, 0.2) is 0 Å². The maximum Gasteiger partial charge on any atom is 0.359 e. The maximum atomic E-state index is 12.6. The van der Waals surface area contributed by atoms with Crippen LogP contribution in [-0.4, -0.2) is 35.8 Å². The monoisotopic (exact) mass is 281 g/mol. The van der Waals surface area contributed by atoms with Crippen LogP contribution in [0, 0.1) is 0 Å². The van der Waals surface area contributed by atoms with Crippen LogP contribution in [0.3, 0.4) is 0 Å². The summed E-state index contributed by atoms with van der Waals surface area (Å²) in [4.78, 5) is 14.3. The van der Waals surface area contributed by atoms with Crippen molar-refractivity contribution in [3.8, 4) is 0 Å². The van der Waals surface area contributed by atoms with Crippen LogP contribution in [0.1, 0.15) is 24.2 Å². The van der Waals surface area contributed by atoms with Gasteiger partial charge in [-0.15, -0.1) is 0 Å². The highest BCUT2D eigenvalue weighted by molar-refractivity contribution is 6.79. The predicted molar refractivity (Wildman–Crippen MR) is 87.4 cm³/mol. The predicted octanol–water partition coefficient (Wildman–Crippen LogP) is 1.27. The SMILES string of the molecule is CCN(CC)C(=O)c1ccccc1B(O)c1ccccc1. The third-order valence-corrected chi connectivity index (χ3v) is 3.65. The minimum atomic E-state index is -0.790. The van der Waals surface area contributed by atoms with E-state index in [4.69, 9.17) is 0 Å². The number of benzene rings is 2. The Balaban J connectivity index is 2.39. The highest BCUT2D eigenvalue weighted by Crippen LogP contribution is 2.04. The fourth-order valence-corrected chi connectivity index (χ4v) is 2.43. The summed E-state index contributed by atoms with van der Waals surface area (Å²) in [6.07, 6.45) is 0. The van der Waals surface area contributed by atoms with Gasteiger partial charge in [-0.3, -0.25) is 4.79 Å². The van der Waals surface area contributed by atoms with Gasteiger partial charge in [-0.1, -0.05) is 48.5 Å². The summed E-state index contributed by atoms with van der Waals surface area (Å²) in [5, 5.41) is 10.6. The van der Waals surface area contributed by atoms with Crippen molar-refractivity contribution < 1.29 is 9.82 Å². The summed E-state index contributed by atoms with van der Waals surface area (Å²) in [5.41, 5.74) is 2.01. The van der Waals surface area contributed by atoms with Crippen LogP contribution in [0.2, 0.25) is 0 Å². The van der Waals surface area contributed by atoms with Crippen molar-refractivity contribution in [3.63, 3.8) is 0 Å². The van der Waals surface area contributed by atoms with E-state index in [1.807, 2.05) is 62.4 Å². The average molecular weight is 281 g/mol. The summed E-state index contributed by atoms with van der Waals surface area (Å²) < 4.78 is 0. The van der Waals surface area contributed by atoms with Crippen LogP contribution in [0.15, 0.2) is 54.6 Å². The van der Waals surface area contributed by atoms with Gasteiger partial charge in [0.25, 0.3) is 5.91 Å². The second-order valence-corrected chi connectivity index (χ2v) is 4.88. The Kier molecular flexibility index (Phi) is 5.17. The standard InChI is InChI=1S/C17H20BNO2/c1-3-19(4-2)17(20)15-12-8-9-13-16(15)18(21)14-10-6-5-7-11-14/h5-13,21H,3-4H2,1-2H3. The first kappa shape index (κ1) is 15.3. The highest BCUT2D eigenvalue weighted by Gasteiger charge is 2.24. The van der Waals surface area contributed by atoms with Gasteiger partial charge in [0.05, 0.1) is 0 Å². The topological polar surface area (TPSA) is 40.5 Å². The third kappa shape index (κ3) is 3.34. The van der Waals surface area contributed by atoms with Gasteiger partial charge < -0.3 is 9.92 Å². The third-order valence-electron chi connectivity index (χ3n) is 3.65. The van der Waals surface area contributed by atoms with E-state index in [2.05, 4.69) is 0 Å². The zero-order valence-electron chi connectivity index (χ0n) is 12.5. The Hall–Kier alpha value is -2.07. The van der Waals surface area contributed by atoms with Crippen molar-refractivity contribution >= 4 is 23.7 Å². The van der Waals surface area contributed by atoms with E-state index in [1.54, 1.807) is 11.0 Å². The number of nitrogens with zero attached hydrogens (tertiary/aromatic N) is 1. The van der Waals surface area contributed by atoms with Crippen LogP contribution < -0.4 is 10.9 Å². The molecule has 2 aromatic carbocycles. The van der Waals surface area contributed by atoms with E-state index in [0.29, 0.717) is 24.1 Å². The maximum absolute atomic E-state index is 12.6. The molecule has 0 aliphatic carbocycles. The number of rotatable bonds is 5. The molecule has 0 radical (unpaired) electrons. The van der Waals surface area contributed by atoms with Crippen molar-refractivity contribution in [1.29, 1.82) is 0 Å². The van der Waals surface area contributed by atoms with Gasteiger partial charge in [-0.2, -0.15) is 0 Å². The molecule has 2 rings (SSSR count). The van der Waals surface area contributed by atoms with Crippen molar-refractivity contribution in [3.05, 3.63) is 60.2 Å². The zero-order valence-corrected chi connectivity index (χ0v) is 12.5. The Morgan fingerprint density at radius 3 is 2.19 bits per heavy atom. The number of carbonyl (C=O) groups excluding carboxylic acids is 1. The Labute approximate surface area is 126 Å². The Morgan fingerprint density at radius 2 is 1.57 bits per heavy atom. The smallest absolute Gasteiger partial charge is 0.359 e. The molecule has 0 atom stereocenters. The van der Waals surface area contributed by atoms with E-state index >= 15 is 0 Å². The number of carbonyl (C=O) groups is 1. The number of hydrogen-bond acceptors (Lipinski definition) is 2. The molecule has 0 fully saturated rings. The first-order chi connectivity index (χ1) is 10.2. The number of hydrogen-bond donors (Lipinski definition) is 1. The molecular weight excluding hydrogens is 261 g/mol. The Bertz CT molecular complexity index is 597. The van der Waals surface area contributed by atoms with Crippen LogP contribution in [0.5, 0.6) is 0 Å². The molecule has 21 heavy (non-hydrogen) atoms. The minimum Gasteiger partial charge on any atom is -0.443 e. The molecular formula is C17H20BNO2. The summed E-state index contributed by atoms with van der Waals surface area (Å²) in [7, 11) is 0. The van der Waals surface area contributed by atoms with Crippen LogP contribution in [-0.2, 0) is 0 Å². The van der Waals surface area contributed by atoms with Gasteiger partial charge in [0.2, 0.25) is 0 Å². The average Bonchev–Trinajstić information content (AvgIpc) is 2.56. The molecule has 0 bridgehead atoms. The fourth-order valence-electron chi connectivity index (χ4n) is 2.43. The van der Waals surface area contributed by atoms with Gasteiger partial charge in [0, 0.05) is 18.7 Å². The molecule has 0 heterocycles. The molecule has 3 nitrogen and oxygen atoms in total. The van der Waals surface area contributed by atoms with Gasteiger partial charge in [-0.05, 0) is 30.8 Å². The lowest BCUT2D eigenvalue weighted by molar-refractivity contribution is 0.0774. The van der Waals surface area contributed by atoms with E-state index in [9.17, 15) is 9.82 Å². The van der Waals surface area contributed by atoms with Crippen molar-refractivity contribution in [1.82, 2.24) is 4.90 Å². The molecule has 0 saturated carbocycles. The van der Waals surface area contributed by atoms with E-state index in [1.165, 1.54) is 0 Å². The molecule has 0 aliphatic heterocycles. The quantitative estimate of drug-likeness (QED) is 0.838. The molecule has 108 valence electrons. The summed E-state index contributed by atoms with van der Waals surface area (Å²) in [6.45, 7) is 4.44. The summed E-state index contributed by atoms with van der Waals surface area (Å²) in [6, 6.07) is 16.7. The molecule has 0 saturated heterocycles. The molecule has 0 spiro atoms. The van der Waals surface area contributed by atoms with Crippen LogP contribution in [0.25, 0.3) is 0 Å². The molecule has 4 heteroatoms. The summed E-state index contributed by atoms with van der Waals surface area (Å²) in [5.74, 6) is -0.0365. The van der Waals surface area contributed by atoms with E-state index in [-0.39, 0.29) is 5.91 Å². The second kappa shape index (κ2) is 7.09. The largest absolute Gasteiger partial charge is 0.443 e. The lowest BCUT2D eigenvalue weighted by Crippen LogP contribution is -2.46. The summed E-state index contributed by atoms with van der Waals surface area (Å²) >= 11 is 0. The van der Waals surface area contributed by atoms with Gasteiger partial charge >= 0.3 is 6.92 Å². The highest BCUT2D eigenvalue weighted by atomic mass is 16.2. The fraction of sp³-hybridized carbons (Fsp3) is 0.235. The molecule has 1 N–H and O–H groups in total. The first-order valence-electron chi connectivity index (χ1n) is 7.30. The first-order valence-corrected chi connectivity index (χ1v) is 7.30. The van der Waals surface area contributed by atoms with E-state index < -0.39 is 6.92 Å². The lowest BCUT2D eigenvalue weighted by atomic mass is 9.54. The molecule has 1 amide bonds. The normalized spacial score (nSPS) is 10.2. The minimum absolute atomic E-state index is 0.0365. The molecule has 2 aromatic rings. The van der Waals surface area contributed by atoms with E-state index in [0.717, 1.165) is 5.46 Å². The number of amides is 1. The van der Waals surface area contributed by atoms with Crippen LogP contribution >= 0.6 is 0 Å². The van der Waals surface area contributed by atoms with Crippen LogP contribution in [0.4, 0.5) is 0 Å². The van der Waals surface area contributed by atoms with Crippen molar-refractivity contribution in [2.24, 2.45) is 0 Å². The molecule has 0 unspecified atom stereocenters. The van der Waals surface area contributed by atoms with Crippen molar-refractivity contribution in [2.45, 2.75) is 13.8 Å².